The number of nitrogens with zero attached hydrogens (tertiary/aromatic N) is 2. The van der Waals surface area contributed by atoms with Gasteiger partial charge in [-0.1, -0.05) is 30.9 Å². The molecule has 0 radical (unpaired) electrons. The number of halogens is 1. The molecule has 1 aliphatic rings. The molecule has 2 heterocycles. The van der Waals surface area contributed by atoms with Gasteiger partial charge in [-0.05, 0) is 51.8 Å². The van der Waals surface area contributed by atoms with Gasteiger partial charge in [0.05, 0.1) is 22.5 Å². The second-order valence-electron chi connectivity index (χ2n) is 7.38. The van der Waals surface area contributed by atoms with Crippen LogP contribution >= 0.6 is 11.6 Å². The molecule has 0 unspecified atom stereocenters. The van der Waals surface area contributed by atoms with Crippen LogP contribution in [0, 0.1) is 0 Å². The van der Waals surface area contributed by atoms with E-state index in [-0.39, 0.29) is 40.7 Å². The van der Waals surface area contributed by atoms with Crippen molar-refractivity contribution in [3.05, 3.63) is 52.0 Å². The summed E-state index contributed by atoms with van der Waals surface area (Å²) in [6, 6.07) is 7.35. The van der Waals surface area contributed by atoms with Gasteiger partial charge in [0.15, 0.2) is 0 Å². The van der Waals surface area contributed by atoms with Gasteiger partial charge in [-0.3, -0.25) is 9.36 Å². The first-order valence-electron chi connectivity index (χ1n) is 8.95. The molecule has 0 bridgehead atoms. The molecule has 1 aliphatic carbocycles. The first kappa shape index (κ1) is 24.7. The van der Waals surface area contributed by atoms with Crippen molar-refractivity contribution in [2.24, 2.45) is 0 Å². The largest absolute Gasteiger partial charge is 1.00 e. The zero-order valence-electron chi connectivity index (χ0n) is 16.9. The Morgan fingerprint density at radius 2 is 1.89 bits per heavy atom. The van der Waals surface area contributed by atoms with E-state index in [4.69, 9.17) is 11.6 Å². The molecule has 8 heteroatoms. The fourth-order valence-corrected chi connectivity index (χ4v) is 2.84. The first-order chi connectivity index (χ1) is 12.8. The van der Waals surface area contributed by atoms with Crippen molar-refractivity contribution in [3.63, 3.8) is 0 Å². The predicted molar refractivity (Wildman–Crippen MR) is 107 cm³/mol. The molecule has 0 aromatic carbocycles. The topological polar surface area (TPSA) is 73.2 Å². The summed E-state index contributed by atoms with van der Waals surface area (Å²) in [4.78, 5) is 25.6. The number of hydrogen-bond donors (Lipinski definition) is 1. The van der Waals surface area contributed by atoms with Crippen LogP contribution in [-0.2, 0) is 9.53 Å². The van der Waals surface area contributed by atoms with Crippen molar-refractivity contribution in [1.82, 2.24) is 9.55 Å². The molecular weight excluding hydrogens is 389 g/mol. The van der Waals surface area contributed by atoms with Crippen molar-refractivity contribution in [3.8, 4) is 5.69 Å². The Morgan fingerprint density at radius 3 is 2.39 bits per heavy atom. The molecule has 0 aliphatic heterocycles. The van der Waals surface area contributed by atoms with Crippen LogP contribution in [0.2, 0.25) is 5.02 Å². The second-order valence-corrected chi connectivity index (χ2v) is 7.82. The van der Waals surface area contributed by atoms with E-state index < -0.39 is 0 Å². The Balaban J connectivity index is 0.000000425. The number of aromatic nitrogens is 2. The molecule has 28 heavy (non-hydrogen) atoms. The Morgan fingerprint density at radius 1 is 1.21 bits per heavy atom. The third-order valence-corrected chi connectivity index (χ3v) is 4.18. The Labute approximate surface area is 192 Å². The number of ether oxygens (including phenoxy) is 1. The smallest absolute Gasteiger partial charge is 0.649 e. The van der Waals surface area contributed by atoms with E-state index in [1.165, 1.54) is 42.8 Å². The SMILES string of the molecule is CC(C)(C)O[C-]=O.O=c1ccc(Cl)cn1-c1ccc(NC2CCCC2)nc1.[Na+]. The van der Waals surface area contributed by atoms with E-state index in [1.54, 1.807) is 39.2 Å². The minimum atomic E-state index is -0.373. The molecule has 3 rings (SSSR count). The molecular formula is C20H25ClN3NaO3. The van der Waals surface area contributed by atoms with Crippen LogP contribution in [0.5, 0.6) is 0 Å². The van der Waals surface area contributed by atoms with E-state index >= 15 is 0 Å². The average Bonchev–Trinajstić information content (AvgIpc) is 3.10. The van der Waals surface area contributed by atoms with E-state index in [0.717, 1.165) is 11.5 Å². The number of pyridine rings is 2. The van der Waals surface area contributed by atoms with Gasteiger partial charge in [-0.2, -0.15) is 0 Å². The fraction of sp³-hybridized carbons (Fsp3) is 0.450. The van der Waals surface area contributed by atoms with E-state index in [0.29, 0.717) is 11.1 Å². The molecule has 0 saturated heterocycles. The molecule has 0 spiro atoms. The minimum absolute atomic E-state index is 0. The molecule has 2 aromatic heterocycles. The number of hydrogen-bond acceptors (Lipinski definition) is 5. The summed E-state index contributed by atoms with van der Waals surface area (Å²) < 4.78 is 5.92. The quantitative estimate of drug-likeness (QED) is 0.600. The van der Waals surface area contributed by atoms with Gasteiger partial charge in [-0.15, -0.1) is 0 Å². The zero-order chi connectivity index (χ0) is 19.9. The number of rotatable bonds is 4. The van der Waals surface area contributed by atoms with Gasteiger partial charge in [0, 0.05) is 18.3 Å². The van der Waals surface area contributed by atoms with Crippen molar-refractivity contribution < 1.29 is 39.1 Å². The summed E-state index contributed by atoms with van der Waals surface area (Å²) in [5.74, 6) is 0.857. The van der Waals surface area contributed by atoms with Crippen LogP contribution in [0.25, 0.3) is 5.69 Å². The molecule has 1 saturated carbocycles. The average molecular weight is 414 g/mol. The molecule has 1 fully saturated rings. The van der Waals surface area contributed by atoms with E-state index in [1.807, 2.05) is 12.1 Å². The molecule has 0 amide bonds. The third-order valence-electron chi connectivity index (χ3n) is 3.96. The van der Waals surface area contributed by atoms with E-state index in [9.17, 15) is 9.59 Å². The van der Waals surface area contributed by atoms with Gasteiger partial charge >= 0.3 is 29.6 Å². The standard InChI is InChI=1S/C15H16ClN3O.C5H9O2.Na/c16-11-5-8-15(20)19(10-11)13-6-7-14(17-9-13)18-12-3-1-2-4-12;1-5(2,3)7-4-6;/h5-10,12H,1-4H2,(H,17,18);1-3H3;/q;-1;+1. The maximum absolute atomic E-state index is 11.8. The molecule has 146 valence electrons. The second kappa shape index (κ2) is 11.6. The molecule has 0 atom stereocenters. The van der Waals surface area contributed by atoms with Crippen molar-refractivity contribution in [2.75, 3.05) is 5.32 Å². The van der Waals surface area contributed by atoms with Crippen molar-refractivity contribution in [2.45, 2.75) is 58.1 Å². The van der Waals surface area contributed by atoms with Crippen molar-refractivity contribution >= 4 is 23.9 Å². The Kier molecular flexibility index (Phi) is 10.2. The van der Waals surface area contributed by atoms with Gasteiger partial charge in [0.1, 0.15) is 5.82 Å². The monoisotopic (exact) mass is 413 g/mol. The summed E-state index contributed by atoms with van der Waals surface area (Å²) >= 11 is 5.92. The van der Waals surface area contributed by atoms with Gasteiger partial charge in [0.2, 0.25) is 0 Å². The number of anilines is 1. The molecule has 1 N–H and O–H groups in total. The summed E-state index contributed by atoms with van der Waals surface area (Å²) in [5.41, 5.74) is 0.226. The summed E-state index contributed by atoms with van der Waals surface area (Å²) in [5, 5.41) is 3.95. The number of nitrogens with one attached hydrogen (secondary N) is 1. The molecule has 6 nitrogen and oxygen atoms in total. The predicted octanol–water partition coefficient (Wildman–Crippen LogP) is 1.11. The maximum atomic E-state index is 11.8. The van der Waals surface area contributed by atoms with Crippen LogP contribution in [0.4, 0.5) is 5.82 Å². The van der Waals surface area contributed by atoms with Gasteiger partial charge in [0.25, 0.3) is 5.56 Å². The van der Waals surface area contributed by atoms with Crippen LogP contribution in [-0.4, -0.2) is 27.7 Å². The molecule has 2 aromatic rings. The Bertz CT molecular complexity index is 798. The van der Waals surface area contributed by atoms with Crippen LogP contribution in [0.15, 0.2) is 41.5 Å². The maximum Gasteiger partial charge on any atom is 1.00 e. The normalized spacial score (nSPS) is 13.7. The van der Waals surface area contributed by atoms with Gasteiger partial charge in [-0.25, -0.2) is 4.98 Å². The van der Waals surface area contributed by atoms with Crippen LogP contribution in [0.1, 0.15) is 46.5 Å². The minimum Gasteiger partial charge on any atom is -0.649 e. The fourth-order valence-electron chi connectivity index (χ4n) is 2.68. The first-order valence-corrected chi connectivity index (χ1v) is 9.32. The third kappa shape index (κ3) is 8.35. The van der Waals surface area contributed by atoms with E-state index in [2.05, 4.69) is 15.0 Å². The number of carbonyl (C=O) groups excluding carboxylic acids is 1. The van der Waals surface area contributed by atoms with Crippen LogP contribution in [0.3, 0.4) is 0 Å². The van der Waals surface area contributed by atoms with Crippen LogP contribution < -0.4 is 40.4 Å². The Hall–Kier alpha value is -1.34. The van der Waals surface area contributed by atoms with Crippen molar-refractivity contribution in [1.29, 1.82) is 0 Å². The summed E-state index contributed by atoms with van der Waals surface area (Å²) in [6.45, 7) is 6.73. The summed E-state index contributed by atoms with van der Waals surface area (Å²) in [7, 11) is 0. The zero-order valence-corrected chi connectivity index (χ0v) is 19.6. The van der Waals surface area contributed by atoms with Gasteiger partial charge < -0.3 is 14.8 Å². The summed E-state index contributed by atoms with van der Waals surface area (Å²) in [6.07, 6.45) is 8.27.